The lowest BCUT2D eigenvalue weighted by Gasteiger charge is -2.34. The van der Waals surface area contributed by atoms with Crippen molar-refractivity contribution < 1.29 is 14.3 Å². The smallest absolute Gasteiger partial charge is 0.248 e. The average molecular weight is 441 g/mol. The van der Waals surface area contributed by atoms with Gasteiger partial charge in [-0.25, -0.2) is 9.97 Å². The van der Waals surface area contributed by atoms with Gasteiger partial charge < -0.3 is 20.3 Å². The highest BCUT2D eigenvalue weighted by Gasteiger charge is 2.29. The number of nitrogens with two attached hydrogens (primary N) is 1. The van der Waals surface area contributed by atoms with E-state index in [9.17, 15) is 9.59 Å². The topological polar surface area (TPSA) is 105 Å². The molecule has 3 rings (SSSR count). The maximum atomic E-state index is 12.9. The second-order valence-electron chi connectivity index (χ2n) is 7.97. The first-order valence-electron chi connectivity index (χ1n) is 10.9. The Morgan fingerprint density at radius 1 is 1.19 bits per heavy atom. The molecule has 0 unspecified atom stereocenters. The summed E-state index contributed by atoms with van der Waals surface area (Å²) in [5.74, 6) is 0.179. The first-order chi connectivity index (χ1) is 15.3. The fourth-order valence-electron chi connectivity index (χ4n) is 3.66. The Bertz CT molecular complexity index is 943. The van der Waals surface area contributed by atoms with Gasteiger partial charge in [0, 0.05) is 38.0 Å². The zero-order valence-corrected chi connectivity index (χ0v) is 19.2. The van der Waals surface area contributed by atoms with E-state index >= 15 is 0 Å². The minimum atomic E-state index is -0.478. The number of ether oxygens (including phenoxy) is 1. The van der Waals surface area contributed by atoms with Crippen LogP contribution in [0, 0.1) is 0 Å². The molecule has 1 saturated heterocycles. The number of carbonyl (C=O) groups excluding carboxylic acids is 2. The Morgan fingerprint density at radius 3 is 2.47 bits per heavy atom. The Labute approximate surface area is 189 Å². The van der Waals surface area contributed by atoms with E-state index in [4.69, 9.17) is 15.5 Å². The number of hydrogen-bond acceptors (Lipinski definition) is 7. The molecule has 0 radical (unpaired) electrons. The zero-order valence-electron chi connectivity index (χ0n) is 19.2. The number of nitrogens with zero attached hydrogens (tertiary/aromatic N) is 5. The molecule has 9 heteroatoms. The van der Waals surface area contributed by atoms with Crippen LogP contribution in [0.2, 0.25) is 0 Å². The van der Waals surface area contributed by atoms with Crippen molar-refractivity contribution in [1.29, 1.82) is 0 Å². The van der Waals surface area contributed by atoms with Crippen LogP contribution in [0.1, 0.15) is 36.0 Å². The lowest BCUT2D eigenvalue weighted by molar-refractivity contribution is -0.140. The van der Waals surface area contributed by atoms with Gasteiger partial charge in [0.1, 0.15) is 6.10 Å². The van der Waals surface area contributed by atoms with Crippen LogP contribution in [0.5, 0.6) is 0 Å². The van der Waals surface area contributed by atoms with Gasteiger partial charge in [-0.2, -0.15) is 0 Å². The number of hydrogen-bond donors (Lipinski definition) is 1. The van der Waals surface area contributed by atoms with Gasteiger partial charge in [0.25, 0.3) is 0 Å². The van der Waals surface area contributed by atoms with E-state index in [1.807, 2.05) is 36.0 Å². The predicted octanol–water partition coefficient (Wildman–Crippen LogP) is 1.55. The maximum Gasteiger partial charge on any atom is 0.248 e. The van der Waals surface area contributed by atoms with Gasteiger partial charge in [0.05, 0.1) is 25.4 Å². The van der Waals surface area contributed by atoms with Crippen molar-refractivity contribution in [2.45, 2.75) is 20.0 Å². The minimum absolute atomic E-state index is 0.0938. The first-order valence-corrected chi connectivity index (χ1v) is 10.9. The summed E-state index contributed by atoms with van der Waals surface area (Å²) in [6.07, 6.45) is 1.38. The first kappa shape index (κ1) is 23.6. The van der Waals surface area contributed by atoms with Crippen molar-refractivity contribution in [2.24, 2.45) is 5.73 Å². The molecule has 1 aliphatic heterocycles. The molecule has 2 N–H and O–H groups in total. The third-order valence-corrected chi connectivity index (χ3v) is 5.66. The number of primary amides is 1. The Kier molecular flexibility index (Phi) is 7.76. The van der Waals surface area contributed by atoms with Gasteiger partial charge in [0.2, 0.25) is 17.8 Å². The summed E-state index contributed by atoms with van der Waals surface area (Å²) < 4.78 is 6.07. The van der Waals surface area contributed by atoms with Gasteiger partial charge in [-0.15, -0.1) is 0 Å². The second-order valence-corrected chi connectivity index (χ2v) is 7.97. The Balaban J connectivity index is 1.91. The van der Waals surface area contributed by atoms with Crippen molar-refractivity contribution in [2.75, 3.05) is 58.3 Å². The highest BCUT2D eigenvalue weighted by molar-refractivity contribution is 5.93. The minimum Gasteiger partial charge on any atom is -0.368 e. The zero-order chi connectivity index (χ0) is 23.3. The molecule has 0 bridgehead atoms. The molecule has 1 fully saturated rings. The third kappa shape index (κ3) is 5.41. The quantitative estimate of drug-likeness (QED) is 0.664. The third-order valence-electron chi connectivity index (χ3n) is 5.66. The summed E-state index contributed by atoms with van der Waals surface area (Å²) in [6.45, 7) is 7.60. The van der Waals surface area contributed by atoms with Crippen molar-refractivity contribution in [3.8, 4) is 11.1 Å². The normalized spacial score (nSPS) is 16.3. The summed E-state index contributed by atoms with van der Waals surface area (Å²) in [6, 6.07) is 7.01. The van der Waals surface area contributed by atoms with E-state index < -0.39 is 5.91 Å². The number of amides is 2. The monoisotopic (exact) mass is 440 g/mol. The van der Waals surface area contributed by atoms with Gasteiger partial charge in [0.15, 0.2) is 0 Å². The molecule has 0 saturated carbocycles. The molecule has 0 spiro atoms. The lowest BCUT2D eigenvalue weighted by atomic mass is 10.00. The lowest BCUT2D eigenvalue weighted by Crippen LogP contribution is -2.46. The fourth-order valence-corrected chi connectivity index (χ4v) is 3.66. The maximum absolute atomic E-state index is 12.9. The summed E-state index contributed by atoms with van der Waals surface area (Å²) in [5, 5.41) is 0. The van der Waals surface area contributed by atoms with Crippen LogP contribution in [0.4, 0.5) is 5.95 Å². The molecule has 1 atom stereocenters. The number of likely N-dealkylation sites (N-methyl/N-ethyl adjacent to an activating group) is 1. The number of benzene rings is 1. The molecule has 172 valence electrons. The van der Waals surface area contributed by atoms with Crippen LogP contribution in [-0.2, 0) is 9.53 Å². The van der Waals surface area contributed by atoms with Crippen LogP contribution in [-0.4, -0.2) is 85.0 Å². The van der Waals surface area contributed by atoms with Crippen LogP contribution in [0.15, 0.2) is 30.5 Å². The van der Waals surface area contributed by atoms with E-state index in [2.05, 4.69) is 23.7 Å². The average Bonchev–Trinajstić information content (AvgIpc) is 2.82. The summed E-state index contributed by atoms with van der Waals surface area (Å²) in [5.41, 5.74) is 8.18. The van der Waals surface area contributed by atoms with E-state index in [1.54, 1.807) is 18.3 Å². The number of rotatable bonds is 8. The van der Waals surface area contributed by atoms with Gasteiger partial charge in [-0.3, -0.25) is 14.5 Å². The molecule has 1 aromatic heterocycles. The van der Waals surface area contributed by atoms with E-state index in [0.717, 1.165) is 29.9 Å². The summed E-state index contributed by atoms with van der Waals surface area (Å²) >= 11 is 0. The molecule has 1 aromatic carbocycles. The van der Waals surface area contributed by atoms with E-state index in [-0.39, 0.29) is 12.0 Å². The largest absolute Gasteiger partial charge is 0.368 e. The Morgan fingerprint density at radius 2 is 1.88 bits per heavy atom. The Hall–Kier alpha value is -3.04. The molecule has 2 aromatic rings. The highest BCUT2D eigenvalue weighted by atomic mass is 16.5. The van der Waals surface area contributed by atoms with Crippen LogP contribution in [0.3, 0.4) is 0 Å². The molecule has 2 heterocycles. The SMILES string of the molecule is CCN(CC)CC(=O)N1CCO[C@@H](c2nc(N(C)C)ncc2-c2ccc(C(N)=O)cc2)C1. The molecule has 1 aliphatic rings. The number of morpholine rings is 1. The van der Waals surface area contributed by atoms with E-state index in [0.29, 0.717) is 37.8 Å². The predicted molar refractivity (Wildman–Crippen MR) is 123 cm³/mol. The second kappa shape index (κ2) is 10.5. The van der Waals surface area contributed by atoms with Crippen LogP contribution >= 0.6 is 0 Å². The summed E-state index contributed by atoms with van der Waals surface area (Å²) in [7, 11) is 3.75. The standard InChI is InChI=1S/C23H32N6O3/c1-5-28(6-2)15-20(30)29-11-12-32-19(14-29)21-18(13-25-23(26-21)27(3)4)16-7-9-17(10-8-16)22(24)31/h7-10,13,19H,5-6,11-12,14-15H2,1-4H3,(H2,24,31)/t19-/m1/s1. The number of anilines is 1. The molecular weight excluding hydrogens is 408 g/mol. The van der Waals surface area contributed by atoms with E-state index in [1.165, 1.54) is 0 Å². The van der Waals surface area contributed by atoms with Crippen molar-refractivity contribution in [1.82, 2.24) is 19.8 Å². The summed E-state index contributed by atoms with van der Waals surface area (Å²) in [4.78, 5) is 39.3. The fraction of sp³-hybridized carbons (Fsp3) is 0.478. The highest BCUT2D eigenvalue weighted by Crippen LogP contribution is 2.31. The van der Waals surface area contributed by atoms with Crippen molar-refractivity contribution >= 4 is 17.8 Å². The van der Waals surface area contributed by atoms with Crippen molar-refractivity contribution in [3.63, 3.8) is 0 Å². The van der Waals surface area contributed by atoms with Gasteiger partial charge >= 0.3 is 0 Å². The van der Waals surface area contributed by atoms with Gasteiger partial charge in [-0.1, -0.05) is 26.0 Å². The van der Waals surface area contributed by atoms with Crippen LogP contribution < -0.4 is 10.6 Å². The van der Waals surface area contributed by atoms with Crippen LogP contribution in [0.25, 0.3) is 11.1 Å². The molecule has 32 heavy (non-hydrogen) atoms. The number of aromatic nitrogens is 2. The number of carbonyl (C=O) groups is 2. The van der Waals surface area contributed by atoms with Crippen molar-refractivity contribution in [3.05, 3.63) is 41.7 Å². The molecule has 0 aliphatic carbocycles. The molecule has 9 nitrogen and oxygen atoms in total. The van der Waals surface area contributed by atoms with Gasteiger partial charge in [-0.05, 0) is 30.8 Å². The molecule has 2 amide bonds. The molecular formula is C23H32N6O3.